The molecule has 35 heavy (non-hydrogen) atoms. The number of ether oxygens (including phenoxy) is 3. The van der Waals surface area contributed by atoms with E-state index in [4.69, 9.17) is 14.2 Å². The van der Waals surface area contributed by atoms with E-state index in [1.807, 2.05) is 54.6 Å². The molecular weight excluding hydrogens is 449 g/mol. The lowest BCUT2D eigenvalue weighted by atomic mass is 9.98. The van der Waals surface area contributed by atoms with Gasteiger partial charge in [-0.05, 0) is 49.6 Å². The molecule has 1 aliphatic rings. The lowest BCUT2D eigenvalue weighted by Gasteiger charge is -2.24. The number of esters is 2. The Morgan fingerprint density at radius 1 is 1.06 bits per heavy atom. The molecule has 1 unspecified atom stereocenters. The van der Waals surface area contributed by atoms with Crippen molar-refractivity contribution in [1.82, 2.24) is 5.32 Å². The average molecular weight is 484 g/mol. The maximum atomic E-state index is 14.2. The molecule has 1 aliphatic heterocycles. The first kappa shape index (κ1) is 26.6. The third-order valence-corrected chi connectivity index (χ3v) is 5.78. The van der Waals surface area contributed by atoms with Crippen molar-refractivity contribution in [2.45, 2.75) is 57.5 Å². The highest BCUT2D eigenvalue weighted by molar-refractivity contribution is 5.82. The summed E-state index contributed by atoms with van der Waals surface area (Å²) in [7, 11) is 1.56. The van der Waals surface area contributed by atoms with E-state index < -0.39 is 29.8 Å². The number of nitrogens with one attached hydrogen (secondary N) is 1. The van der Waals surface area contributed by atoms with Crippen LogP contribution < -0.4 is 5.32 Å². The predicted octanol–water partition coefficient (Wildman–Crippen LogP) is 4.41. The summed E-state index contributed by atoms with van der Waals surface area (Å²) in [5.41, 5.74) is 2.39. The van der Waals surface area contributed by atoms with E-state index in [1.54, 1.807) is 7.05 Å². The molecule has 0 fully saturated rings. The molecular formula is C28H34FNO5. The summed E-state index contributed by atoms with van der Waals surface area (Å²) in [5.74, 6) is -1.34. The fourth-order valence-corrected chi connectivity index (χ4v) is 3.86. The minimum atomic E-state index is -1.58. The largest absolute Gasteiger partial charge is 0.458 e. The zero-order valence-electron chi connectivity index (χ0n) is 20.6. The summed E-state index contributed by atoms with van der Waals surface area (Å²) in [6.07, 6.45) is 1.83. The van der Waals surface area contributed by atoms with E-state index in [9.17, 15) is 14.0 Å². The van der Waals surface area contributed by atoms with E-state index >= 15 is 0 Å². The van der Waals surface area contributed by atoms with Crippen molar-refractivity contribution in [2.24, 2.45) is 0 Å². The molecule has 2 atom stereocenters. The Balaban J connectivity index is 1.72. The van der Waals surface area contributed by atoms with E-state index in [0.29, 0.717) is 13.2 Å². The minimum Gasteiger partial charge on any atom is -0.458 e. The molecule has 188 valence electrons. The maximum absolute atomic E-state index is 14.2. The van der Waals surface area contributed by atoms with Gasteiger partial charge in [-0.3, -0.25) is 4.79 Å². The van der Waals surface area contributed by atoms with Gasteiger partial charge in [-0.25, -0.2) is 9.18 Å². The molecule has 0 radical (unpaired) electrons. The molecule has 0 saturated heterocycles. The summed E-state index contributed by atoms with van der Waals surface area (Å²) in [6, 6.07) is 16.2. The molecule has 6 nitrogen and oxygen atoms in total. The van der Waals surface area contributed by atoms with Crippen molar-refractivity contribution in [1.29, 1.82) is 0 Å². The third-order valence-electron chi connectivity index (χ3n) is 5.78. The third kappa shape index (κ3) is 8.60. The summed E-state index contributed by atoms with van der Waals surface area (Å²) in [4.78, 5) is 25.8. The summed E-state index contributed by atoms with van der Waals surface area (Å²) in [6.45, 7) is 4.15. The highest BCUT2D eigenvalue weighted by atomic mass is 19.1. The number of carbonyl (C=O) groups excluding carboxylic acids is 2. The van der Waals surface area contributed by atoms with E-state index in [-0.39, 0.29) is 19.4 Å². The Morgan fingerprint density at radius 3 is 2.37 bits per heavy atom. The smallest absolute Gasteiger partial charge is 0.348 e. The molecule has 0 aliphatic carbocycles. The molecule has 0 amide bonds. The molecule has 0 spiro atoms. The van der Waals surface area contributed by atoms with Crippen molar-refractivity contribution in [3.05, 3.63) is 77.4 Å². The maximum Gasteiger partial charge on any atom is 0.348 e. The lowest BCUT2D eigenvalue weighted by Crippen LogP contribution is -2.43. The van der Waals surface area contributed by atoms with E-state index in [2.05, 4.69) is 11.4 Å². The van der Waals surface area contributed by atoms with Gasteiger partial charge < -0.3 is 19.5 Å². The Hall–Kier alpha value is -3.03. The molecule has 0 bridgehead atoms. The first-order valence-corrected chi connectivity index (χ1v) is 11.9. The summed E-state index contributed by atoms with van der Waals surface area (Å²) < 4.78 is 30.6. The molecule has 2 aromatic carbocycles. The Bertz CT molecular complexity index is 998. The van der Waals surface area contributed by atoms with Gasteiger partial charge >= 0.3 is 11.9 Å². The van der Waals surface area contributed by atoms with E-state index in [1.165, 1.54) is 19.4 Å². The molecule has 3 rings (SSSR count). The number of carbonyl (C=O) groups is 2. The van der Waals surface area contributed by atoms with Crippen LogP contribution >= 0.6 is 0 Å². The van der Waals surface area contributed by atoms with Gasteiger partial charge in [0.15, 0.2) is 0 Å². The van der Waals surface area contributed by atoms with Crippen LogP contribution in [0.3, 0.4) is 0 Å². The van der Waals surface area contributed by atoms with Crippen LogP contribution in [0.5, 0.6) is 0 Å². The second-order valence-corrected chi connectivity index (χ2v) is 9.24. The Kier molecular flexibility index (Phi) is 9.57. The number of halogens is 1. The fraction of sp³-hybridized carbons (Fsp3) is 0.429. The van der Waals surface area contributed by atoms with Crippen molar-refractivity contribution < 1.29 is 28.2 Å². The van der Waals surface area contributed by atoms with Crippen LogP contribution in [0.1, 0.15) is 43.4 Å². The number of hydrogen-bond donors (Lipinski definition) is 1. The zero-order chi connectivity index (χ0) is 25.3. The van der Waals surface area contributed by atoms with Crippen molar-refractivity contribution in [2.75, 3.05) is 20.3 Å². The van der Waals surface area contributed by atoms with Crippen LogP contribution in [0.25, 0.3) is 5.57 Å². The highest BCUT2D eigenvalue weighted by Crippen LogP contribution is 2.23. The van der Waals surface area contributed by atoms with Gasteiger partial charge in [0.2, 0.25) is 6.10 Å². The molecule has 2 aromatic rings. The normalized spacial score (nSPS) is 15.6. The van der Waals surface area contributed by atoms with Gasteiger partial charge in [0.25, 0.3) is 0 Å². The first-order valence-electron chi connectivity index (χ1n) is 11.9. The van der Waals surface area contributed by atoms with Gasteiger partial charge in [-0.1, -0.05) is 60.7 Å². The highest BCUT2D eigenvalue weighted by Gasteiger charge is 2.32. The molecule has 1 N–H and O–H groups in total. The van der Waals surface area contributed by atoms with Gasteiger partial charge in [0, 0.05) is 12.8 Å². The second-order valence-electron chi connectivity index (χ2n) is 9.24. The van der Waals surface area contributed by atoms with Gasteiger partial charge in [0.05, 0.1) is 13.2 Å². The molecule has 0 saturated carbocycles. The number of likely N-dealkylation sites (N-methyl/N-ethyl adjacent to an activating group) is 1. The van der Waals surface area contributed by atoms with Crippen molar-refractivity contribution in [3.63, 3.8) is 0 Å². The van der Waals surface area contributed by atoms with Gasteiger partial charge in [-0.2, -0.15) is 0 Å². The predicted molar refractivity (Wildman–Crippen MR) is 132 cm³/mol. The van der Waals surface area contributed by atoms with Crippen LogP contribution in [-0.4, -0.2) is 50.0 Å². The van der Waals surface area contributed by atoms with Crippen molar-refractivity contribution >= 4 is 17.5 Å². The fourth-order valence-electron chi connectivity index (χ4n) is 3.86. The van der Waals surface area contributed by atoms with Crippen LogP contribution in [0.4, 0.5) is 4.39 Å². The lowest BCUT2D eigenvalue weighted by molar-refractivity contribution is -0.170. The van der Waals surface area contributed by atoms with Crippen LogP contribution in [0.15, 0.2) is 60.7 Å². The monoisotopic (exact) mass is 483 g/mol. The second kappa shape index (κ2) is 12.6. The number of alkyl halides is 1. The van der Waals surface area contributed by atoms with Gasteiger partial charge in [0.1, 0.15) is 18.3 Å². The van der Waals surface area contributed by atoms with E-state index in [0.717, 1.165) is 23.1 Å². The van der Waals surface area contributed by atoms with Crippen LogP contribution in [0.2, 0.25) is 0 Å². The molecule has 0 aromatic heterocycles. The topological polar surface area (TPSA) is 73.9 Å². The number of benzene rings is 2. The number of rotatable bonds is 11. The van der Waals surface area contributed by atoms with Crippen LogP contribution in [0, 0.1) is 0 Å². The Labute approximate surface area is 206 Å². The zero-order valence-corrected chi connectivity index (χ0v) is 20.6. The standard InChI is InChI=1S/C28H34FNO5/c1-28(2,29)18-24(30-3)26(31)35-25(27(32)34-19-21-7-5-4-6-8-21)17-20-9-11-22(12-10-20)23-13-15-33-16-14-23/h4-13,24-25,30H,14-19H2,1-3H3/t24-,25?/m1/s1. The quantitative estimate of drug-likeness (QED) is 0.477. The Morgan fingerprint density at radius 2 is 1.77 bits per heavy atom. The van der Waals surface area contributed by atoms with Crippen LogP contribution in [-0.2, 0) is 36.8 Å². The average Bonchev–Trinajstić information content (AvgIpc) is 2.86. The molecule has 7 heteroatoms. The van der Waals surface area contributed by atoms with Crippen molar-refractivity contribution in [3.8, 4) is 0 Å². The SMILES string of the molecule is CN[C@H](CC(C)(C)F)C(=O)OC(Cc1ccc(C2=CCOCC2)cc1)C(=O)OCc1ccccc1. The minimum absolute atomic E-state index is 0.0653. The molecule has 1 heterocycles. The number of hydrogen-bond acceptors (Lipinski definition) is 6. The first-order chi connectivity index (χ1) is 16.7. The summed E-state index contributed by atoms with van der Waals surface area (Å²) >= 11 is 0. The van der Waals surface area contributed by atoms with Gasteiger partial charge in [-0.15, -0.1) is 0 Å². The summed E-state index contributed by atoms with van der Waals surface area (Å²) in [5, 5.41) is 2.79.